The molecule has 3 aromatic carbocycles. The predicted molar refractivity (Wildman–Crippen MR) is 129 cm³/mol. The third kappa shape index (κ3) is 5.02. The van der Waals surface area contributed by atoms with Gasteiger partial charge in [-0.1, -0.05) is 35.1 Å². The van der Waals surface area contributed by atoms with E-state index in [1.54, 1.807) is 18.2 Å². The van der Waals surface area contributed by atoms with Crippen molar-refractivity contribution in [1.29, 1.82) is 0 Å². The van der Waals surface area contributed by atoms with Crippen LogP contribution in [0, 0.1) is 18.6 Å². The number of rotatable bonds is 7. The monoisotopic (exact) mass is 484 g/mol. The number of nitrogens with zero attached hydrogens (tertiary/aromatic N) is 2. The summed E-state index contributed by atoms with van der Waals surface area (Å²) in [4.78, 5) is 13.3. The highest BCUT2D eigenvalue weighted by Gasteiger charge is 2.18. The number of ketones is 1. The zero-order valence-corrected chi connectivity index (χ0v) is 19.3. The molecule has 0 spiro atoms. The van der Waals surface area contributed by atoms with Gasteiger partial charge in [0.05, 0.1) is 10.7 Å². The second kappa shape index (κ2) is 9.64. The highest BCUT2D eigenvalue weighted by atomic mass is 35.5. The van der Waals surface area contributed by atoms with Crippen LogP contribution in [0.15, 0.2) is 54.6 Å². The second-order valence-electron chi connectivity index (χ2n) is 7.25. The lowest BCUT2D eigenvalue weighted by atomic mass is 9.97. The van der Waals surface area contributed by atoms with Crippen LogP contribution in [0.1, 0.15) is 28.4 Å². The van der Waals surface area contributed by atoms with Gasteiger partial charge >= 0.3 is 0 Å². The van der Waals surface area contributed by atoms with Crippen LogP contribution in [0.3, 0.4) is 0 Å². The van der Waals surface area contributed by atoms with Crippen molar-refractivity contribution < 1.29 is 13.6 Å². The first-order chi connectivity index (χ1) is 15.9. The summed E-state index contributed by atoms with van der Waals surface area (Å²) in [6.45, 7) is 4.57. The van der Waals surface area contributed by atoms with Crippen molar-refractivity contribution in [3.63, 3.8) is 0 Å². The summed E-state index contributed by atoms with van der Waals surface area (Å²) >= 11 is 7.82. The molecular weight excluding hydrogens is 466 g/mol. The van der Waals surface area contributed by atoms with Gasteiger partial charge in [0, 0.05) is 35.0 Å². The van der Waals surface area contributed by atoms with E-state index < -0.39 is 11.6 Å². The summed E-state index contributed by atoms with van der Waals surface area (Å²) in [5, 5.41) is 15.9. The van der Waals surface area contributed by atoms with Gasteiger partial charge < -0.3 is 10.6 Å². The first-order valence-corrected chi connectivity index (χ1v) is 11.3. The molecule has 0 saturated carbocycles. The average Bonchev–Trinajstić information content (AvgIpc) is 3.25. The van der Waals surface area contributed by atoms with Gasteiger partial charge in [-0.2, -0.15) is 0 Å². The third-order valence-corrected chi connectivity index (χ3v) is 6.15. The molecule has 4 aromatic rings. The highest BCUT2D eigenvalue weighted by molar-refractivity contribution is 7.18. The van der Waals surface area contributed by atoms with Crippen molar-refractivity contribution in [3.05, 3.63) is 87.9 Å². The maximum atomic E-state index is 13.9. The van der Waals surface area contributed by atoms with E-state index >= 15 is 0 Å². The van der Waals surface area contributed by atoms with Crippen LogP contribution in [0.2, 0.25) is 5.02 Å². The Morgan fingerprint density at radius 1 is 1.03 bits per heavy atom. The van der Waals surface area contributed by atoms with Gasteiger partial charge in [-0.25, -0.2) is 8.78 Å². The van der Waals surface area contributed by atoms with E-state index in [4.69, 9.17) is 11.6 Å². The molecule has 0 aliphatic carbocycles. The third-order valence-electron chi connectivity index (χ3n) is 4.91. The minimum Gasteiger partial charge on any atom is -0.360 e. The van der Waals surface area contributed by atoms with Crippen molar-refractivity contribution in [2.24, 2.45) is 0 Å². The van der Waals surface area contributed by atoms with Crippen molar-refractivity contribution in [2.45, 2.75) is 13.8 Å². The number of hydrogen-bond donors (Lipinski definition) is 2. The quantitative estimate of drug-likeness (QED) is 0.281. The van der Waals surface area contributed by atoms with E-state index in [-0.39, 0.29) is 16.5 Å². The number of nitrogens with one attached hydrogen (secondary N) is 2. The Balaban J connectivity index is 1.61. The molecule has 0 aliphatic heterocycles. The number of carbonyl (C=O) groups is 1. The largest absolute Gasteiger partial charge is 0.360 e. The number of aryl methyl sites for hydroxylation is 1. The number of benzene rings is 3. The Hall–Kier alpha value is -3.36. The van der Waals surface area contributed by atoms with Crippen molar-refractivity contribution in [2.75, 3.05) is 17.2 Å². The Kier molecular flexibility index (Phi) is 6.67. The molecule has 0 amide bonds. The Morgan fingerprint density at radius 3 is 2.58 bits per heavy atom. The first-order valence-electron chi connectivity index (χ1n) is 10.1. The maximum absolute atomic E-state index is 13.9. The molecule has 0 saturated heterocycles. The standard InChI is InChI=1S/C24H19ClF2N4OS/c1-3-28-24-31-30-23(33-24)14-5-4-13(2)18(10-14)22(32)17-8-7-16(12-19(17)25)29-21-9-6-15(26)11-20(21)27/h4-12,29H,3H2,1-2H3,(H,28,31). The lowest BCUT2D eigenvalue weighted by Gasteiger charge is -2.11. The van der Waals surface area contributed by atoms with E-state index in [1.807, 2.05) is 26.0 Å². The Morgan fingerprint density at radius 2 is 1.85 bits per heavy atom. The van der Waals surface area contributed by atoms with Gasteiger partial charge in [0.25, 0.3) is 0 Å². The lowest BCUT2D eigenvalue weighted by Crippen LogP contribution is -2.05. The molecular formula is C24H19ClF2N4OS. The number of aromatic nitrogens is 2. The van der Waals surface area contributed by atoms with Gasteiger partial charge in [-0.3, -0.25) is 4.79 Å². The molecule has 0 bridgehead atoms. The minimum absolute atomic E-state index is 0.101. The van der Waals surface area contributed by atoms with Gasteiger partial charge in [-0.15, -0.1) is 10.2 Å². The smallest absolute Gasteiger partial charge is 0.205 e. The summed E-state index contributed by atoms with van der Waals surface area (Å²) in [7, 11) is 0. The average molecular weight is 485 g/mol. The molecule has 1 heterocycles. The van der Waals surface area contributed by atoms with Gasteiger partial charge in [-0.05, 0) is 55.8 Å². The fourth-order valence-electron chi connectivity index (χ4n) is 3.23. The molecule has 4 rings (SSSR count). The van der Waals surface area contributed by atoms with E-state index in [9.17, 15) is 13.6 Å². The summed E-state index contributed by atoms with van der Waals surface area (Å²) < 4.78 is 27.1. The summed E-state index contributed by atoms with van der Waals surface area (Å²) in [6.07, 6.45) is 0. The lowest BCUT2D eigenvalue weighted by molar-refractivity contribution is 0.103. The first kappa shape index (κ1) is 22.8. The van der Waals surface area contributed by atoms with E-state index in [0.29, 0.717) is 27.0 Å². The summed E-state index contributed by atoms with van der Waals surface area (Å²) in [5.41, 5.74) is 2.97. The zero-order chi connectivity index (χ0) is 23.5. The van der Waals surface area contributed by atoms with E-state index in [0.717, 1.165) is 29.8 Å². The zero-order valence-electron chi connectivity index (χ0n) is 17.7. The topological polar surface area (TPSA) is 66.9 Å². The van der Waals surface area contributed by atoms with Crippen molar-refractivity contribution in [3.8, 4) is 10.6 Å². The molecule has 1 aromatic heterocycles. The number of carbonyl (C=O) groups excluding carboxylic acids is 1. The normalized spacial score (nSPS) is 10.8. The fourth-order valence-corrected chi connectivity index (χ4v) is 4.30. The van der Waals surface area contributed by atoms with Gasteiger partial charge in [0.15, 0.2) is 5.78 Å². The van der Waals surface area contributed by atoms with Gasteiger partial charge in [0.2, 0.25) is 5.13 Å². The molecule has 0 radical (unpaired) electrons. The predicted octanol–water partition coefficient (Wildman–Crippen LogP) is 6.85. The molecule has 168 valence electrons. The Labute approximate surface area is 198 Å². The summed E-state index contributed by atoms with van der Waals surface area (Å²) in [6, 6.07) is 13.5. The van der Waals surface area contributed by atoms with Crippen LogP contribution >= 0.6 is 22.9 Å². The second-order valence-corrected chi connectivity index (χ2v) is 8.63. The van der Waals surface area contributed by atoms with Gasteiger partial charge in [0.1, 0.15) is 16.6 Å². The van der Waals surface area contributed by atoms with Crippen LogP contribution < -0.4 is 10.6 Å². The molecule has 0 unspecified atom stereocenters. The molecule has 9 heteroatoms. The SMILES string of the molecule is CCNc1nnc(-c2ccc(C)c(C(=O)c3ccc(Nc4ccc(F)cc4F)cc3Cl)c2)s1. The van der Waals surface area contributed by atoms with E-state index in [2.05, 4.69) is 20.8 Å². The molecule has 0 aliphatic rings. The number of hydrogen-bond acceptors (Lipinski definition) is 6. The fraction of sp³-hybridized carbons (Fsp3) is 0.125. The number of halogens is 3. The van der Waals surface area contributed by atoms with Crippen molar-refractivity contribution in [1.82, 2.24) is 10.2 Å². The highest BCUT2D eigenvalue weighted by Crippen LogP contribution is 2.31. The van der Waals surface area contributed by atoms with E-state index in [1.165, 1.54) is 23.5 Å². The van der Waals surface area contributed by atoms with Crippen LogP contribution in [0.5, 0.6) is 0 Å². The van der Waals surface area contributed by atoms with Crippen LogP contribution in [-0.4, -0.2) is 22.5 Å². The summed E-state index contributed by atoms with van der Waals surface area (Å²) in [5.74, 6) is -1.64. The van der Waals surface area contributed by atoms with Crippen LogP contribution in [-0.2, 0) is 0 Å². The molecule has 2 N–H and O–H groups in total. The van der Waals surface area contributed by atoms with Crippen LogP contribution in [0.25, 0.3) is 10.6 Å². The minimum atomic E-state index is -0.729. The number of anilines is 3. The maximum Gasteiger partial charge on any atom is 0.205 e. The van der Waals surface area contributed by atoms with Crippen LogP contribution in [0.4, 0.5) is 25.3 Å². The molecule has 5 nitrogen and oxygen atoms in total. The molecule has 33 heavy (non-hydrogen) atoms. The molecule has 0 fully saturated rings. The molecule has 0 atom stereocenters. The Bertz CT molecular complexity index is 1340. The van der Waals surface area contributed by atoms with Crippen molar-refractivity contribution >= 4 is 45.2 Å².